The monoisotopic (exact) mass is 400 g/mol. The molecule has 3 aromatic carbocycles. The molecular weight excluding hydrogens is 379 g/mol. The summed E-state index contributed by atoms with van der Waals surface area (Å²) in [5.74, 6) is 0.590. The van der Waals surface area contributed by atoms with Gasteiger partial charge in [-0.05, 0) is 48.5 Å². The zero-order valence-corrected chi connectivity index (χ0v) is 16.4. The van der Waals surface area contributed by atoms with Crippen LogP contribution in [0.1, 0.15) is 10.4 Å². The molecule has 2 heterocycles. The maximum atomic E-state index is 13.1. The van der Waals surface area contributed by atoms with E-state index in [0.29, 0.717) is 18.7 Å². The van der Waals surface area contributed by atoms with Crippen LogP contribution in [-0.4, -0.2) is 47.0 Å². The van der Waals surface area contributed by atoms with Crippen molar-refractivity contribution in [3.63, 3.8) is 0 Å². The normalized spacial score (nSPS) is 14.3. The molecule has 1 aliphatic rings. The zero-order chi connectivity index (χ0) is 20.5. The van der Waals surface area contributed by atoms with Gasteiger partial charge in [-0.2, -0.15) is 0 Å². The lowest BCUT2D eigenvalue weighted by atomic mass is 10.1. The number of carbonyl (C=O) groups excluding carboxylic acids is 1. The Hall–Kier alpha value is -3.67. The highest BCUT2D eigenvalue weighted by Gasteiger charge is 2.22. The number of nitrogens with zero attached hydrogens (tertiary/aromatic N) is 3. The van der Waals surface area contributed by atoms with Gasteiger partial charge in [0.15, 0.2) is 0 Å². The van der Waals surface area contributed by atoms with E-state index in [4.69, 9.17) is 0 Å². The fourth-order valence-corrected chi connectivity index (χ4v) is 3.86. The average Bonchev–Trinajstić information content (AvgIpc) is 3.24. The first-order valence-electron chi connectivity index (χ1n) is 10.0. The summed E-state index contributed by atoms with van der Waals surface area (Å²) >= 11 is 0. The van der Waals surface area contributed by atoms with Crippen molar-refractivity contribution >= 4 is 22.6 Å². The van der Waals surface area contributed by atoms with Crippen LogP contribution in [0.2, 0.25) is 0 Å². The molecule has 5 nitrogen and oxygen atoms in total. The highest BCUT2D eigenvalue weighted by Crippen LogP contribution is 2.22. The smallest absolute Gasteiger partial charge is 0.253 e. The fraction of sp³-hybridized carbons (Fsp3) is 0.167. The maximum absolute atomic E-state index is 13.1. The van der Waals surface area contributed by atoms with Gasteiger partial charge in [-0.25, -0.2) is 9.37 Å². The summed E-state index contributed by atoms with van der Waals surface area (Å²) in [4.78, 5) is 24.9. The van der Waals surface area contributed by atoms with Gasteiger partial charge in [-0.1, -0.05) is 24.3 Å². The van der Waals surface area contributed by atoms with Gasteiger partial charge < -0.3 is 14.8 Å². The summed E-state index contributed by atoms with van der Waals surface area (Å²) in [6.07, 6.45) is 0. The van der Waals surface area contributed by atoms with Crippen LogP contribution in [0, 0.1) is 5.82 Å². The van der Waals surface area contributed by atoms with E-state index in [-0.39, 0.29) is 11.7 Å². The van der Waals surface area contributed by atoms with Crippen molar-refractivity contribution in [1.82, 2.24) is 14.9 Å². The molecule has 5 rings (SSSR count). The highest BCUT2D eigenvalue weighted by molar-refractivity contribution is 5.95. The minimum absolute atomic E-state index is 0.0323. The molecule has 0 saturated carbocycles. The number of benzene rings is 3. The molecular formula is C24H21FN4O. The van der Waals surface area contributed by atoms with Crippen molar-refractivity contribution in [2.75, 3.05) is 31.1 Å². The largest absolute Gasteiger partial charge is 0.368 e. The van der Waals surface area contributed by atoms with E-state index >= 15 is 0 Å². The lowest BCUT2D eigenvalue weighted by molar-refractivity contribution is 0.0747. The van der Waals surface area contributed by atoms with Crippen molar-refractivity contribution in [2.45, 2.75) is 0 Å². The fourth-order valence-electron chi connectivity index (χ4n) is 3.86. The van der Waals surface area contributed by atoms with Crippen molar-refractivity contribution in [3.05, 3.63) is 84.2 Å². The summed E-state index contributed by atoms with van der Waals surface area (Å²) in [5, 5.41) is 0. The number of hydrogen-bond donors (Lipinski definition) is 1. The van der Waals surface area contributed by atoms with Gasteiger partial charge in [0, 0.05) is 43.0 Å². The third-order valence-corrected chi connectivity index (χ3v) is 5.55. The topological polar surface area (TPSA) is 52.2 Å². The second-order valence-corrected chi connectivity index (χ2v) is 7.44. The summed E-state index contributed by atoms with van der Waals surface area (Å²) < 4.78 is 13.1. The summed E-state index contributed by atoms with van der Waals surface area (Å²) in [6.45, 7) is 2.74. The second kappa shape index (κ2) is 7.63. The van der Waals surface area contributed by atoms with Crippen LogP contribution < -0.4 is 4.90 Å². The Balaban J connectivity index is 1.26. The number of para-hydroxylation sites is 2. The van der Waals surface area contributed by atoms with Crippen LogP contribution in [0.5, 0.6) is 0 Å². The molecule has 4 aromatic rings. The third kappa shape index (κ3) is 3.52. The number of halogens is 1. The maximum Gasteiger partial charge on any atom is 0.253 e. The van der Waals surface area contributed by atoms with Crippen molar-refractivity contribution in [2.24, 2.45) is 0 Å². The molecule has 0 atom stereocenters. The van der Waals surface area contributed by atoms with Crippen LogP contribution in [0.4, 0.5) is 10.1 Å². The molecule has 0 aliphatic carbocycles. The molecule has 6 heteroatoms. The Morgan fingerprint density at radius 3 is 2.27 bits per heavy atom. The number of aromatic amines is 1. The van der Waals surface area contributed by atoms with E-state index in [2.05, 4.69) is 14.9 Å². The Bertz CT molecular complexity index is 1140. The van der Waals surface area contributed by atoms with E-state index < -0.39 is 0 Å². The van der Waals surface area contributed by atoms with Gasteiger partial charge in [0.1, 0.15) is 11.6 Å². The number of nitrogens with one attached hydrogen (secondary N) is 1. The van der Waals surface area contributed by atoms with Crippen molar-refractivity contribution in [3.8, 4) is 11.4 Å². The Morgan fingerprint density at radius 1 is 0.867 bits per heavy atom. The molecule has 0 radical (unpaired) electrons. The number of hydrogen-bond acceptors (Lipinski definition) is 3. The standard InChI is InChI=1S/C24H21FN4O/c25-19-9-11-20(12-10-19)28-13-15-29(16-14-28)24(30)18-7-5-17(6-8-18)23-26-21-3-1-2-4-22(21)27-23/h1-12H,13-16H2,(H,26,27). The van der Waals surface area contributed by atoms with Crippen molar-refractivity contribution < 1.29 is 9.18 Å². The van der Waals surface area contributed by atoms with E-state index in [1.165, 1.54) is 12.1 Å². The van der Waals surface area contributed by atoms with E-state index in [9.17, 15) is 9.18 Å². The lowest BCUT2D eigenvalue weighted by Crippen LogP contribution is -2.48. The Kier molecular flexibility index (Phi) is 4.67. The van der Waals surface area contributed by atoms with Gasteiger partial charge in [-0.15, -0.1) is 0 Å². The number of imidazole rings is 1. The third-order valence-electron chi connectivity index (χ3n) is 5.55. The molecule has 1 fully saturated rings. The summed E-state index contributed by atoms with van der Waals surface area (Å²) in [6, 6.07) is 22.0. The number of piperazine rings is 1. The number of H-pyrrole nitrogens is 1. The quantitative estimate of drug-likeness (QED) is 0.557. The number of carbonyl (C=O) groups is 1. The van der Waals surface area contributed by atoms with Gasteiger partial charge in [0.25, 0.3) is 5.91 Å². The predicted molar refractivity (Wildman–Crippen MR) is 116 cm³/mol. The van der Waals surface area contributed by atoms with Crippen LogP contribution in [0.15, 0.2) is 72.8 Å². The molecule has 1 saturated heterocycles. The van der Waals surface area contributed by atoms with Gasteiger partial charge in [0.2, 0.25) is 0 Å². The Labute approximate surface area is 173 Å². The van der Waals surface area contributed by atoms with Crippen LogP contribution in [0.25, 0.3) is 22.4 Å². The summed E-state index contributed by atoms with van der Waals surface area (Å²) in [5.41, 5.74) is 4.52. The van der Waals surface area contributed by atoms with E-state index in [1.807, 2.05) is 53.4 Å². The number of fused-ring (bicyclic) bond motifs is 1. The molecule has 30 heavy (non-hydrogen) atoms. The molecule has 150 valence electrons. The van der Waals surface area contributed by atoms with Gasteiger partial charge in [0.05, 0.1) is 11.0 Å². The molecule has 1 aliphatic heterocycles. The number of rotatable bonds is 3. The first-order valence-corrected chi connectivity index (χ1v) is 10.0. The minimum Gasteiger partial charge on any atom is -0.368 e. The summed E-state index contributed by atoms with van der Waals surface area (Å²) in [7, 11) is 0. The molecule has 0 spiro atoms. The highest BCUT2D eigenvalue weighted by atomic mass is 19.1. The SMILES string of the molecule is O=C(c1ccc(-c2nc3ccccc3[nH]2)cc1)N1CCN(c2ccc(F)cc2)CC1. The number of anilines is 1. The van der Waals surface area contributed by atoms with Gasteiger partial charge >= 0.3 is 0 Å². The first-order chi connectivity index (χ1) is 14.7. The number of amides is 1. The number of aromatic nitrogens is 2. The van der Waals surface area contributed by atoms with Crippen molar-refractivity contribution in [1.29, 1.82) is 0 Å². The van der Waals surface area contributed by atoms with Crippen LogP contribution >= 0.6 is 0 Å². The minimum atomic E-state index is -0.237. The molecule has 0 unspecified atom stereocenters. The lowest BCUT2D eigenvalue weighted by Gasteiger charge is -2.36. The predicted octanol–water partition coefficient (Wildman–Crippen LogP) is 4.33. The first kappa shape index (κ1) is 18.4. The van der Waals surface area contributed by atoms with Crippen LogP contribution in [0.3, 0.4) is 0 Å². The molecule has 1 aromatic heterocycles. The van der Waals surface area contributed by atoms with Gasteiger partial charge in [-0.3, -0.25) is 4.79 Å². The van der Waals surface area contributed by atoms with E-state index in [1.54, 1.807) is 12.1 Å². The molecule has 1 N–H and O–H groups in total. The average molecular weight is 400 g/mol. The van der Waals surface area contributed by atoms with E-state index in [0.717, 1.165) is 41.2 Å². The molecule has 0 bridgehead atoms. The second-order valence-electron chi connectivity index (χ2n) is 7.44. The van der Waals surface area contributed by atoms with Crippen LogP contribution in [-0.2, 0) is 0 Å². The molecule has 1 amide bonds. The zero-order valence-electron chi connectivity index (χ0n) is 16.4. The Morgan fingerprint density at radius 2 is 1.57 bits per heavy atom.